The second kappa shape index (κ2) is 5.60. The molecule has 1 atom stereocenters. The number of fused-ring (bicyclic) bond motifs is 1. The number of rotatable bonds is 2. The Kier molecular flexibility index (Phi) is 4.10. The molecule has 3 rings (SSSR count). The Bertz CT molecular complexity index is 494. The summed E-state index contributed by atoms with van der Waals surface area (Å²) in [4.78, 5) is 0. The number of nitrogens with one attached hydrogen (secondary N) is 2. The number of piperidine rings is 1. The fourth-order valence-corrected chi connectivity index (χ4v) is 5.36. The maximum absolute atomic E-state index is 3.96. The Balaban J connectivity index is 1.75. The highest BCUT2D eigenvalue weighted by molar-refractivity contribution is 7.98. The van der Waals surface area contributed by atoms with Crippen molar-refractivity contribution in [3.63, 3.8) is 0 Å². The van der Waals surface area contributed by atoms with Crippen molar-refractivity contribution in [3.05, 3.63) is 35.4 Å². The Morgan fingerprint density at radius 1 is 1.10 bits per heavy atom. The molecule has 2 heterocycles. The lowest BCUT2D eigenvalue weighted by Gasteiger charge is -2.48. The Hall–Kier alpha value is -0.510. The molecule has 0 saturated carbocycles. The molecule has 0 radical (unpaired) electrons. The van der Waals surface area contributed by atoms with E-state index in [9.17, 15) is 0 Å². The summed E-state index contributed by atoms with van der Waals surface area (Å²) in [6.45, 7) is 9.30. The summed E-state index contributed by atoms with van der Waals surface area (Å²) in [5.41, 5.74) is 3.45. The van der Waals surface area contributed by atoms with Gasteiger partial charge in [-0.15, -0.1) is 0 Å². The van der Waals surface area contributed by atoms with Crippen molar-refractivity contribution in [2.24, 2.45) is 0 Å². The molecule has 0 bridgehead atoms. The highest BCUT2D eigenvalue weighted by Gasteiger charge is 2.38. The van der Waals surface area contributed by atoms with Gasteiger partial charge in [0.1, 0.15) is 0 Å². The molecule has 1 aromatic rings. The van der Waals surface area contributed by atoms with E-state index in [1.807, 2.05) is 0 Å². The molecular formula is C18H28N2S. The van der Waals surface area contributed by atoms with Crippen LogP contribution in [-0.2, 0) is 5.75 Å². The first kappa shape index (κ1) is 15.4. The van der Waals surface area contributed by atoms with E-state index in [1.165, 1.54) is 29.7 Å². The molecule has 0 aromatic heterocycles. The van der Waals surface area contributed by atoms with E-state index in [-0.39, 0.29) is 11.1 Å². The largest absolute Gasteiger partial charge is 0.307 e. The van der Waals surface area contributed by atoms with Crippen molar-refractivity contribution in [1.82, 2.24) is 10.6 Å². The van der Waals surface area contributed by atoms with E-state index in [4.69, 9.17) is 0 Å². The van der Waals surface area contributed by atoms with Crippen molar-refractivity contribution in [1.29, 1.82) is 0 Å². The van der Waals surface area contributed by atoms with E-state index in [1.54, 1.807) is 0 Å². The topological polar surface area (TPSA) is 24.1 Å². The SMILES string of the molecule is CC1(C)CC(NC2CSCc3ccccc32)CC(C)(C)N1. The van der Waals surface area contributed by atoms with Crippen LogP contribution in [0.4, 0.5) is 0 Å². The Morgan fingerprint density at radius 3 is 2.48 bits per heavy atom. The first-order valence-corrected chi connectivity index (χ1v) is 9.21. The molecule has 0 spiro atoms. The molecule has 1 fully saturated rings. The molecule has 3 heteroatoms. The lowest BCUT2D eigenvalue weighted by molar-refractivity contribution is 0.141. The molecule has 116 valence electrons. The van der Waals surface area contributed by atoms with Crippen LogP contribution in [0.1, 0.15) is 57.7 Å². The van der Waals surface area contributed by atoms with Crippen LogP contribution in [0.2, 0.25) is 0 Å². The van der Waals surface area contributed by atoms with Crippen LogP contribution in [0.3, 0.4) is 0 Å². The van der Waals surface area contributed by atoms with Gasteiger partial charge >= 0.3 is 0 Å². The van der Waals surface area contributed by atoms with Crippen LogP contribution in [-0.4, -0.2) is 22.9 Å². The molecule has 2 aliphatic rings. The van der Waals surface area contributed by atoms with Crippen LogP contribution >= 0.6 is 11.8 Å². The summed E-state index contributed by atoms with van der Waals surface area (Å²) in [6.07, 6.45) is 2.39. The average molecular weight is 305 g/mol. The molecule has 1 unspecified atom stereocenters. The number of hydrogen-bond acceptors (Lipinski definition) is 3. The van der Waals surface area contributed by atoms with E-state index < -0.39 is 0 Å². The molecule has 2 N–H and O–H groups in total. The zero-order valence-corrected chi connectivity index (χ0v) is 14.5. The van der Waals surface area contributed by atoms with Crippen LogP contribution in [0.25, 0.3) is 0 Å². The molecule has 0 aliphatic carbocycles. The smallest absolute Gasteiger partial charge is 0.0417 e. The van der Waals surface area contributed by atoms with Gasteiger partial charge < -0.3 is 10.6 Å². The van der Waals surface area contributed by atoms with Crippen molar-refractivity contribution in [2.45, 2.75) is 69.5 Å². The van der Waals surface area contributed by atoms with Gasteiger partial charge in [0.2, 0.25) is 0 Å². The fraction of sp³-hybridized carbons (Fsp3) is 0.667. The minimum atomic E-state index is 0.209. The normalized spacial score (nSPS) is 28.1. The van der Waals surface area contributed by atoms with Crippen molar-refractivity contribution < 1.29 is 0 Å². The summed E-state index contributed by atoms with van der Waals surface area (Å²) in [5.74, 6) is 2.36. The molecule has 0 amide bonds. The third-order valence-electron chi connectivity index (χ3n) is 4.60. The fourth-order valence-electron chi connectivity index (χ4n) is 4.24. The molecule has 2 aliphatic heterocycles. The maximum Gasteiger partial charge on any atom is 0.0417 e. The lowest BCUT2D eigenvalue weighted by atomic mass is 9.79. The van der Waals surface area contributed by atoms with Crippen LogP contribution < -0.4 is 10.6 Å². The van der Waals surface area contributed by atoms with Crippen molar-refractivity contribution >= 4 is 11.8 Å². The molecule has 1 saturated heterocycles. The second-order valence-electron chi connectivity index (χ2n) is 7.93. The summed E-state index contributed by atoms with van der Waals surface area (Å²) < 4.78 is 0. The standard InChI is InChI=1S/C18H28N2S/c1-17(2)9-14(10-18(3,4)20-17)19-16-12-21-11-13-7-5-6-8-15(13)16/h5-8,14,16,19-20H,9-12H2,1-4H3. The van der Waals surface area contributed by atoms with Gasteiger partial charge in [-0.3, -0.25) is 0 Å². The second-order valence-corrected chi connectivity index (χ2v) is 8.96. The highest BCUT2D eigenvalue weighted by Crippen LogP contribution is 2.34. The van der Waals surface area contributed by atoms with Crippen LogP contribution in [0, 0.1) is 0 Å². The zero-order chi connectivity index (χ0) is 15.1. The quantitative estimate of drug-likeness (QED) is 0.867. The Labute approximate surface area is 133 Å². The summed E-state index contributed by atoms with van der Waals surface area (Å²) in [6, 6.07) is 10.0. The average Bonchev–Trinajstić information content (AvgIpc) is 2.35. The number of benzene rings is 1. The van der Waals surface area contributed by atoms with Gasteiger partial charge in [-0.1, -0.05) is 24.3 Å². The first-order chi connectivity index (χ1) is 9.85. The van der Waals surface area contributed by atoms with Gasteiger partial charge in [0.25, 0.3) is 0 Å². The van der Waals surface area contributed by atoms with Crippen molar-refractivity contribution in [2.75, 3.05) is 5.75 Å². The van der Waals surface area contributed by atoms with E-state index in [0.717, 1.165) is 5.75 Å². The molecule has 2 nitrogen and oxygen atoms in total. The van der Waals surface area contributed by atoms with E-state index in [2.05, 4.69) is 74.4 Å². The molecular weight excluding hydrogens is 276 g/mol. The summed E-state index contributed by atoms with van der Waals surface area (Å²) >= 11 is 2.06. The van der Waals surface area contributed by atoms with Gasteiger partial charge in [0.05, 0.1) is 0 Å². The minimum absolute atomic E-state index is 0.209. The zero-order valence-electron chi connectivity index (χ0n) is 13.7. The first-order valence-electron chi connectivity index (χ1n) is 8.06. The molecule has 21 heavy (non-hydrogen) atoms. The monoisotopic (exact) mass is 304 g/mol. The number of thioether (sulfide) groups is 1. The van der Waals surface area contributed by atoms with E-state index >= 15 is 0 Å². The highest BCUT2D eigenvalue weighted by atomic mass is 32.2. The third kappa shape index (κ3) is 3.64. The van der Waals surface area contributed by atoms with Gasteiger partial charge in [-0.05, 0) is 51.7 Å². The third-order valence-corrected chi connectivity index (χ3v) is 5.68. The Morgan fingerprint density at radius 2 is 1.76 bits per heavy atom. The summed E-state index contributed by atoms with van der Waals surface area (Å²) in [7, 11) is 0. The van der Waals surface area contributed by atoms with Crippen LogP contribution in [0.15, 0.2) is 24.3 Å². The van der Waals surface area contributed by atoms with Gasteiger partial charge in [0, 0.05) is 34.7 Å². The maximum atomic E-state index is 3.96. The predicted octanol–water partition coefficient (Wildman–Crippen LogP) is 3.87. The number of hydrogen-bond donors (Lipinski definition) is 2. The minimum Gasteiger partial charge on any atom is -0.307 e. The summed E-state index contributed by atoms with van der Waals surface area (Å²) in [5, 5.41) is 7.74. The van der Waals surface area contributed by atoms with Crippen LogP contribution in [0.5, 0.6) is 0 Å². The lowest BCUT2D eigenvalue weighted by Crippen LogP contribution is -2.62. The van der Waals surface area contributed by atoms with Gasteiger partial charge in [0.15, 0.2) is 0 Å². The molecule has 1 aromatic carbocycles. The predicted molar refractivity (Wildman–Crippen MR) is 92.8 cm³/mol. The van der Waals surface area contributed by atoms with Gasteiger partial charge in [-0.2, -0.15) is 11.8 Å². The van der Waals surface area contributed by atoms with E-state index in [0.29, 0.717) is 12.1 Å². The van der Waals surface area contributed by atoms with Crippen molar-refractivity contribution in [3.8, 4) is 0 Å². The van der Waals surface area contributed by atoms with Gasteiger partial charge in [-0.25, -0.2) is 0 Å².